The van der Waals surface area contributed by atoms with Crippen LogP contribution in [0.4, 0.5) is 0 Å². The molecule has 0 fully saturated rings. The summed E-state index contributed by atoms with van der Waals surface area (Å²) in [6.07, 6.45) is -2.10. The van der Waals surface area contributed by atoms with E-state index in [0.717, 1.165) is 13.8 Å². The van der Waals surface area contributed by atoms with E-state index in [1.165, 1.54) is 0 Å². The third kappa shape index (κ3) is 5.24. The Kier molecular flexibility index (Phi) is 7.97. The van der Waals surface area contributed by atoms with Gasteiger partial charge in [-0.25, -0.2) is 4.79 Å². The Morgan fingerprint density at radius 2 is 1.50 bits per heavy atom. The number of carbonyl (C=O) groups excluding carboxylic acids is 2. The number of unbranched alkanes of at least 4 members (excludes halogenated alkanes) is 1. The van der Waals surface area contributed by atoms with Gasteiger partial charge in [-0.2, -0.15) is 0 Å². The van der Waals surface area contributed by atoms with Crippen LogP contribution in [0.15, 0.2) is 0 Å². The lowest BCUT2D eigenvalue weighted by Crippen LogP contribution is -2.54. The highest BCUT2D eigenvalue weighted by Crippen LogP contribution is 2.13. The quantitative estimate of drug-likeness (QED) is 0.406. The number of amides is 2. The van der Waals surface area contributed by atoms with Crippen LogP contribution in [0, 0.1) is 0 Å². The number of hydrogen-bond acceptors (Lipinski definition) is 6. The number of carboxylic acids is 1. The number of rotatable bonds is 8. The maximum atomic E-state index is 11.8. The fourth-order valence-electron chi connectivity index (χ4n) is 1.66. The summed E-state index contributed by atoms with van der Waals surface area (Å²) in [6, 6.07) is -1.43. The molecule has 0 bridgehead atoms. The average Bonchev–Trinajstić information content (AvgIpc) is 2.36. The molecule has 0 aliphatic heterocycles. The molecule has 116 valence electrons. The second-order valence-corrected chi connectivity index (χ2v) is 4.54. The monoisotopic (exact) mass is 290 g/mol. The lowest BCUT2D eigenvalue weighted by atomic mass is 10.1. The summed E-state index contributed by atoms with van der Waals surface area (Å²) in [4.78, 5) is 35.3. The molecule has 3 atom stereocenters. The molecule has 0 heterocycles. The molecule has 0 aromatic rings. The number of aliphatic hydroxyl groups is 2. The van der Waals surface area contributed by atoms with Crippen molar-refractivity contribution in [2.24, 2.45) is 5.73 Å². The first kappa shape index (κ1) is 18.5. The van der Waals surface area contributed by atoms with Gasteiger partial charge in [0.25, 0.3) is 11.8 Å². The summed E-state index contributed by atoms with van der Waals surface area (Å²) in [5, 5.41) is 27.7. The number of imide groups is 1. The van der Waals surface area contributed by atoms with E-state index in [4.69, 9.17) is 10.8 Å². The lowest BCUT2D eigenvalue weighted by Gasteiger charge is -2.29. The van der Waals surface area contributed by atoms with Gasteiger partial charge < -0.3 is 21.1 Å². The molecule has 0 spiro atoms. The first-order chi connectivity index (χ1) is 9.23. The molecule has 0 aliphatic carbocycles. The second-order valence-electron chi connectivity index (χ2n) is 4.54. The number of aliphatic carboxylic acids is 1. The van der Waals surface area contributed by atoms with Crippen molar-refractivity contribution in [3.63, 3.8) is 0 Å². The Morgan fingerprint density at radius 3 is 1.80 bits per heavy atom. The van der Waals surface area contributed by atoms with Gasteiger partial charge >= 0.3 is 5.97 Å². The maximum absolute atomic E-state index is 11.8. The predicted octanol–water partition coefficient (Wildman–Crippen LogP) is -1.31. The number of nitrogens with zero attached hydrogens (tertiary/aromatic N) is 1. The zero-order valence-corrected chi connectivity index (χ0v) is 11.7. The Balaban J connectivity index is 5.26. The molecule has 2 amide bonds. The van der Waals surface area contributed by atoms with Gasteiger partial charge in [0.05, 0.1) is 0 Å². The third-order valence-electron chi connectivity index (χ3n) is 2.72. The summed E-state index contributed by atoms with van der Waals surface area (Å²) in [7, 11) is 0. The molecule has 0 rings (SSSR count). The van der Waals surface area contributed by atoms with Crippen LogP contribution < -0.4 is 5.73 Å². The van der Waals surface area contributed by atoms with Gasteiger partial charge in [-0.05, 0) is 39.7 Å². The molecule has 8 heteroatoms. The third-order valence-corrected chi connectivity index (χ3v) is 2.72. The zero-order chi connectivity index (χ0) is 15.9. The highest BCUT2D eigenvalue weighted by molar-refractivity contribution is 6.02. The Bertz CT molecular complexity index is 336. The van der Waals surface area contributed by atoms with Gasteiger partial charge in [0.15, 0.2) is 0 Å². The minimum Gasteiger partial charge on any atom is -0.480 e. The number of carboxylic acid groups (broad SMARTS) is 1. The number of nitrogens with two attached hydrogens (primary N) is 1. The summed E-state index contributed by atoms with van der Waals surface area (Å²) in [6.45, 7) is 2.62. The minimum atomic E-state index is -1.53. The molecule has 8 nitrogen and oxygen atoms in total. The number of aliphatic hydroxyl groups excluding tert-OH is 2. The van der Waals surface area contributed by atoms with Gasteiger partial charge in [-0.3, -0.25) is 14.5 Å². The van der Waals surface area contributed by atoms with Crippen LogP contribution in [0.2, 0.25) is 0 Å². The standard InChI is InChI=1S/C12H22N2O6/c1-7(15)10(17)14(11(18)8(2)16)9(12(19)20)5-3-4-6-13/h7-9,15-16H,3-6,13H2,1-2H3,(H,19,20)/t7?,8?,9-/m0/s1. The summed E-state index contributed by atoms with van der Waals surface area (Å²) in [5.41, 5.74) is 5.31. The van der Waals surface area contributed by atoms with E-state index in [2.05, 4.69) is 0 Å². The van der Waals surface area contributed by atoms with Crippen molar-refractivity contribution in [1.29, 1.82) is 0 Å². The SMILES string of the molecule is CC(O)C(=O)N(C(=O)C(C)O)[C@@H](CCCCN)C(=O)O. The largest absolute Gasteiger partial charge is 0.480 e. The molecular weight excluding hydrogens is 268 g/mol. The number of hydrogen-bond donors (Lipinski definition) is 4. The molecule has 0 aromatic carbocycles. The molecule has 20 heavy (non-hydrogen) atoms. The van der Waals surface area contributed by atoms with Crippen LogP contribution >= 0.6 is 0 Å². The van der Waals surface area contributed by atoms with Gasteiger partial charge in [-0.1, -0.05) is 0 Å². The average molecular weight is 290 g/mol. The van der Waals surface area contributed by atoms with E-state index < -0.39 is 36.0 Å². The molecule has 0 saturated heterocycles. The van der Waals surface area contributed by atoms with E-state index in [1.807, 2.05) is 0 Å². The van der Waals surface area contributed by atoms with Gasteiger partial charge in [-0.15, -0.1) is 0 Å². The van der Waals surface area contributed by atoms with Crippen molar-refractivity contribution in [2.75, 3.05) is 6.54 Å². The fraction of sp³-hybridized carbons (Fsp3) is 0.750. The second kappa shape index (κ2) is 8.62. The summed E-state index contributed by atoms with van der Waals surface area (Å²) >= 11 is 0. The van der Waals surface area contributed by atoms with Crippen molar-refractivity contribution in [3.05, 3.63) is 0 Å². The van der Waals surface area contributed by atoms with E-state index in [-0.39, 0.29) is 6.42 Å². The van der Waals surface area contributed by atoms with Gasteiger partial charge in [0.2, 0.25) is 0 Å². The predicted molar refractivity (Wildman–Crippen MR) is 69.5 cm³/mol. The molecular formula is C12H22N2O6. The van der Waals surface area contributed by atoms with Crippen molar-refractivity contribution in [3.8, 4) is 0 Å². The van der Waals surface area contributed by atoms with Gasteiger partial charge in [0, 0.05) is 0 Å². The van der Waals surface area contributed by atoms with Crippen LogP contribution in [0.25, 0.3) is 0 Å². The maximum Gasteiger partial charge on any atom is 0.326 e. The van der Waals surface area contributed by atoms with Crippen molar-refractivity contribution in [2.45, 2.75) is 51.4 Å². The minimum absolute atomic E-state index is 0.0173. The zero-order valence-electron chi connectivity index (χ0n) is 11.7. The van der Waals surface area contributed by atoms with Crippen molar-refractivity contribution in [1.82, 2.24) is 4.90 Å². The first-order valence-corrected chi connectivity index (χ1v) is 6.40. The summed E-state index contributed by atoms with van der Waals surface area (Å²) < 4.78 is 0. The van der Waals surface area contributed by atoms with E-state index in [1.54, 1.807) is 0 Å². The van der Waals surface area contributed by atoms with Crippen LogP contribution in [0.3, 0.4) is 0 Å². The van der Waals surface area contributed by atoms with Gasteiger partial charge in [0.1, 0.15) is 18.2 Å². The Morgan fingerprint density at radius 1 is 1.05 bits per heavy atom. The van der Waals surface area contributed by atoms with Crippen LogP contribution in [0.5, 0.6) is 0 Å². The molecule has 0 radical (unpaired) electrons. The smallest absolute Gasteiger partial charge is 0.326 e. The van der Waals surface area contributed by atoms with Crippen molar-refractivity contribution < 1.29 is 29.7 Å². The highest BCUT2D eigenvalue weighted by atomic mass is 16.4. The Labute approximate surface area is 117 Å². The molecule has 2 unspecified atom stereocenters. The lowest BCUT2D eigenvalue weighted by molar-refractivity contribution is -0.165. The molecule has 0 aliphatic rings. The Hall–Kier alpha value is -1.51. The van der Waals surface area contributed by atoms with Crippen LogP contribution in [-0.4, -0.2) is 62.8 Å². The normalized spacial score (nSPS) is 15.2. The molecule has 0 aromatic heterocycles. The van der Waals surface area contributed by atoms with E-state index >= 15 is 0 Å². The number of carbonyl (C=O) groups is 3. The molecule has 0 saturated carbocycles. The summed E-state index contributed by atoms with van der Waals surface area (Å²) in [5.74, 6) is -3.46. The fourth-order valence-corrected chi connectivity index (χ4v) is 1.66. The highest BCUT2D eigenvalue weighted by Gasteiger charge is 2.37. The van der Waals surface area contributed by atoms with E-state index in [0.29, 0.717) is 24.3 Å². The van der Waals surface area contributed by atoms with Crippen LogP contribution in [-0.2, 0) is 14.4 Å². The topological polar surface area (TPSA) is 141 Å². The van der Waals surface area contributed by atoms with Crippen LogP contribution in [0.1, 0.15) is 33.1 Å². The molecule has 5 N–H and O–H groups in total. The van der Waals surface area contributed by atoms with E-state index in [9.17, 15) is 24.6 Å². The van der Waals surface area contributed by atoms with Crippen molar-refractivity contribution >= 4 is 17.8 Å². The first-order valence-electron chi connectivity index (χ1n) is 6.40.